The van der Waals surface area contributed by atoms with Crippen LogP contribution in [0.5, 0.6) is 5.75 Å². The largest absolute Gasteiger partial charge is 0.496 e. The van der Waals surface area contributed by atoms with E-state index in [1.54, 1.807) is 47.4 Å². The third-order valence-electron chi connectivity index (χ3n) is 4.44. The molecular formula is C20H22ClN3O3. The number of nitrogens with zero attached hydrogens (tertiary/aromatic N) is 1. The van der Waals surface area contributed by atoms with Crippen molar-refractivity contribution in [1.82, 2.24) is 10.2 Å². The zero-order valence-corrected chi connectivity index (χ0v) is 15.9. The summed E-state index contributed by atoms with van der Waals surface area (Å²) < 4.78 is 5.21. The summed E-state index contributed by atoms with van der Waals surface area (Å²) in [6, 6.07) is 11.9. The SMILES string of the molecule is COc1ccccc1C(=O)Nc1ccc(C(=O)N2CCCNCC2)c(Cl)c1. The standard InChI is InChI=1S/C20H22ClN3O3/c1-27-18-6-3-2-5-16(18)19(25)23-14-7-8-15(17(21)13-14)20(26)24-11-4-9-22-10-12-24/h2-3,5-8,13,22H,4,9-12H2,1H3,(H,23,25). The van der Waals surface area contributed by atoms with Crippen LogP contribution in [0.25, 0.3) is 0 Å². The summed E-state index contributed by atoms with van der Waals surface area (Å²) in [6.45, 7) is 3.04. The van der Waals surface area contributed by atoms with Crippen molar-refractivity contribution < 1.29 is 14.3 Å². The van der Waals surface area contributed by atoms with Gasteiger partial charge in [0.25, 0.3) is 11.8 Å². The molecule has 0 bridgehead atoms. The van der Waals surface area contributed by atoms with Gasteiger partial charge in [-0.05, 0) is 43.3 Å². The summed E-state index contributed by atoms with van der Waals surface area (Å²) >= 11 is 6.33. The second-order valence-electron chi connectivity index (χ2n) is 6.24. The smallest absolute Gasteiger partial charge is 0.259 e. The van der Waals surface area contributed by atoms with Gasteiger partial charge in [0.15, 0.2) is 0 Å². The van der Waals surface area contributed by atoms with Gasteiger partial charge in [-0.3, -0.25) is 9.59 Å². The van der Waals surface area contributed by atoms with E-state index >= 15 is 0 Å². The summed E-state index contributed by atoms with van der Waals surface area (Å²) in [5.41, 5.74) is 1.38. The molecule has 1 aliphatic heterocycles. The van der Waals surface area contributed by atoms with Gasteiger partial charge >= 0.3 is 0 Å². The van der Waals surface area contributed by atoms with Crippen LogP contribution in [0.15, 0.2) is 42.5 Å². The van der Waals surface area contributed by atoms with E-state index in [1.165, 1.54) is 7.11 Å². The van der Waals surface area contributed by atoms with Crippen LogP contribution < -0.4 is 15.4 Å². The molecule has 2 aromatic carbocycles. The Morgan fingerprint density at radius 2 is 1.93 bits per heavy atom. The lowest BCUT2D eigenvalue weighted by Gasteiger charge is -2.20. The number of amides is 2. The molecular weight excluding hydrogens is 366 g/mol. The number of para-hydroxylation sites is 1. The number of nitrogens with one attached hydrogen (secondary N) is 2. The van der Waals surface area contributed by atoms with E-state index in [2.05, 4.69) is 10.6 Å². The van der Waals surface area contributed by atoms with Crippen molar-refractivity contribution in [3.8, 4) is 5.75 Å². The van der Waals surface area contributed by atoms with Crippen LogP contribution in [0.4, 0.5) is 5.69 Å². The van der Waals surface area contributed by atoms with E-state index in [9.17, 15) is 9.59 Å². The minimum atomic E-state index is -0.304. The molecule has 6 nitrogen and oxygen atoms in total. The third-order valence-corrected chi connectivity index (χ3v) is 4.75. The molecule has 7 heteroatoms. The highest BCUT2D eigenvalue weighted by atomic mass is 35.5. The highest BCUT2D eigenvalue weighted by molar-refractivity contribution is 6.34. The second-order valence-corrected chi connectivity index (χ2v) is 6.65. The Morgan fingerprint density at radius 1 is 1.11 bits per heavy atom. The molecule has 1 aliphatic rings. The van der Waals surface area contributed by atoms with Crippen LogP contribution in [0.3, 0.4) is 0 Å². The van der Waals surface area contributed by atoms with Crippen molar-refractivity contribution in [2.24, 2.45) is 0 Å². The number of anilines is 1. The number of rotatable bonds is 4. The van der Waals surface area contributed by atoms with E-state index in [0.29, 0.717) is 40.7 Å². The minimum Gasteiger partial charge on any atom is -0.496 e. The van der Waals surface area contributed by atoms with Crippen LogP contribution in [0, 0.1) is 0 Å². The lowest BCUT2D eigenvalue weighted by molar-refractivity contribution is 0.0766. The molecule has 3 rings (SSSR count). The highest BCUT2D eigenvalue weighted by Gasteiger charge is 2.20. The van der Waals surface area contributed by atoms with E-state index in [-0.39, 0.29) is 11.8 Å². The Kier molecular flexibility index (Phi) is 6.32. The Morgan fingerprint density at radius 3 is 2.70 bits per heavy atom. The topological polar surface area (TPSA) is 70.7 Å². The number of hydrogen-bond donors (Lipinski definition) is 2. The van der Waals surface area contributed by atoms with Gasteiger partial charge in [0.2, 0.25) is 0 Å². The fraction of sp³-hybridized carbons (Fsp3) is 0.300. The van der Waals surface area contributed by atoms with Gasteiger partial charge in [0.05, 0.1) is 23.3 Å². The number of carbonyl (C=O) groups excluding carboxylic acids is 2. The number of halogens is 1. The Hall–Kier alpha value is -2.57. The van der Waals surface area contributed by atoms with Crippen LogP contribution in [-0.2, 0) is 0 Å². The molecule has 1 saturated heterocycles. The van der Waals surface area contributed by atoms with Crippen LogP contribution in [0.1, 0.15) is 27.1 Å². The van der Waals surface area contributed by atoms with Crippen molar-refractivity contribution >= 4 is 29.1 Å². The Bertz CT molecular complexity index is 833. The molecule has 0 atom stereocenters. The molecule has 142 valence electrons. The van der Waals surface area contributed by atoms with Gasteiger partial charge < -0.3 is 20.3 Å². The number of benzene rings is 2. The molecule has 0 saturated carbocycles. The lowest BCUT2D eigenvalue weighted by atomic mass is 10.1. The van der Waals surface area contributed by atoms with Gasteiger partial charge in [-0.25, -0.2) is 0 Å². The molecule has 0 radical (unpaired) electrons. The van der Waals surface area contributed by atoms with Crippen molar-refractivity contribution in [3.05, 3.63) is 58.6 Å². The average Bonchev–Trinajstić information content (AvgIpc) is 2.97. The summed E-state index contributed by atoms with van der Waals surface area (Å²) in [4.78, 5) is 27.0. The van der Waals surface area contributed by atoms with Crippen molar-refractivity contribution in [3.63, 3.8) is 0 Å². The monoisotopic (exact) mass is 387 g/mol. The molecule has 0 unspecified atom stereocenters. The van der Waals surface area contributed by atoms with Crippen molar-refractivity contribution in [2.75, 3.05) is 38.6 Å². The molecule has 0 spiro atoms. The second kappa shape index (κ2) is 8.88. The van der Waals surface area contributed by atoms with E-state index in [0.717, 1.165) is 19.5 Å². The maximum Gasteiger partial charge on any atom is 0.259 e. The van der Waals surface area contributed by atoms with E-state index in [1.807, 2.05) is 0 Å². The Balaban J connectivity index is 1.74. The third kappa shape index (κ3) is 4.59. The molecule has 1 fully saturated rings. The molecule has 1 heterocycles. The Labute approximate surface area is 163 Å². The van der Waals surface area contributed by atoms with Crippen molar-refractivity contribution in [2.45, 2.75) is 6.42 Å². The van der Waals surface area contributed by atoms with Gasteiger partial charge in [-0.1, -0.05) is 23.7 Å². The molecule has 0 aliphatic carbocycles. The van der Waals surface area contributed by atoms with E-state index < -0.39 is 0 Å². The number of hydrogen-bond acceptors (Lipinski definition) is 4. The quantitative estimate of drug-likeness (QED) is 0.846. The summed E-state index contributed by atoms with van der Waals surface area (Å²) in [6.07, 6.45) is 0.913. The first kappa shape index (κ1) is 19.2. The van der Waals surface area contributed by atoms with Crippen LogP contribution in [-0.4, -0.2) is 50.0 Å². The van der Waals surface area contributed by atoms with E-state index in [4.69, 9.17) is 16.3 Å². The zero-order chi connectivity index (χ0) is 19.2. The first-order chi connectivity index (χ1) is 13.1. The molecule has 2 amide bonds. The first-order valence-electron chi connectivity index (χ1n) is 8.84. The minimum absolute atomic E-state index is 0.0914. The molecule has 0 aromatic heterocycles. The molecule has 2 aromatic rings. The van der Waals surface area contributed by atoms with Crippen LogP contribution >= 0.6 is 11.6 Å². The highest BCUT2D eigenvalue weighted by Crippen LogP contribution is 2.24. The van der Waals surface area contributed by atoms with Crippen LogP contribution in [0.2, 0.25) is 5.02 Å². The van der Waals surface area contributed by atoms with Gasteiger partial charge in [0, 0.05) is 25.3 Å². The van der Waals surface area contributed by atoms with Gasteiger partial charge in [-0.2, -0.15) is 0 Å². The maximum atomic E-state index is 12.7. The number of methoxy groups -OCH3 is 1. The predicted octanol–water partition coefficient (Wildman–Crippen LogP) is 3.04. The van der Waals surface area contributed by atoms with Gasteiger partial charge in [0.1, 0.15) is 5.75 Å². The van der Waals surface area contributed by atoms with Crippen molar-refractivity contribution in [1.29, 1.82) is 0 Å². The average molecular weight is 388 g/mol. The zero-order valence-electron chi connectivity index (χ0n) is 15.1. The fourth-order valence-corrected chi connectivity index (χ4v) is 3.28. The maximum absolute atomic E-state index is 12.7. The predicted molar refractivity (Wildman–Crippen MR) is 106 cm³/mol. The fourth-order valence-electron chi connectivity index (χ4n) is 3.02. The normalized spacial score (nSPS) is 14.4. The molecule has 2 N–H and O–H groups in total. The first-order valence-corrected chi connectivity index (χ1v) is 9.22. The number of carbonyl (C=O) groups is 2. The lowest BCUT2D eigenvalue weighted by Crippen LogP contribution is -2.34. The summed E-state index contributed by atoms with van der Waals surface area (Å²) in [5, 5.41) is 6.38. The molecule has 27 heavy (non-hydrogen) atoms. The summed E-state index contributed by atoms with van der Waals surface area (Å²) in [5.74, 6) is 0.0927. The number of ether oxygens (including phenoxy) is 1. The van der Waals surface area contributed by atoms with Gasteiger partial charge in [-0.15, -0.1) is 0 Å². The summed E-state index contributed by atoms with van der Waals surface area (Å²) in [7, 11) is 1.52.